The number of hydrogen-bond donors (Lipinski definition) is 2. The van der Waals surface area contributed by atoms with Gasteiger partial charge in [0.2, 0.25) is 5.91 Å². The van der Waals surface area contributed by atoms with Crippen molar-refractivity contribution in [2.24, 2.45) is 5.73 Å². The van der Waals surface area contributed by atoms with E-state index in [0.717, 1.165) is 0 Å². The van der Waals surface area contributed by atoms with Crippen molar-refractivity contribution in [3.05, 3.63) is 29.8 Å². The number of rotatable bonds is 1. The minimum absolute atomic E-state index is 0. The van der Waals surface area contributed by atoms with Gasteiger partial charge >= 0.3 is 0 Å². The van der Waals surface area contributed by atoms with Crippen LogP contribution in [0.15, 0.2) is 24.3 Å². The van der Waals surface area contributed by atoms with Gasteiger partial charge in [0.25, 0.3) is 0 Å². The molecule has 1 aromatic rings. The standard InChI is InChI=1S/C7H8N2O.Pt/c8-6-3-1-2-5(4-6)7(9)10;/h1-4H,8H2,(H2,9,10);. The van der Waals surface area contributed by atoms with Gasteiger partial charge in [0.1, 0.15) is 0 Å². The normalized spacial score (nSPS) is 8.36. The van der Waals surface area contributed by atoms with E-state index in [1.165, 1.54) is 0 Å². The molecule has 0 bridgehead atoms. The first-order chi connectivity index (χ1) is 4.70. The van der Waals surface area contributed by atoms with Gasteiger partial charge < -0.3 is 11.5 Å². The second-order valence-corrected chi connectivity index (χ2v) is 1.99. The molecule has 62 valence electrons. The maximum atomic E-state index is 10.5. The van der Waals surface area contributed by atoms with E-state index in [2.05, 4.69) is 0 Å². The van der Waals surface area contributed by atoms with Crippen molar-refractivity contribution < 1.29 is 25.9 Å². The molecule has 0 aliphatic rings. The zero-order chi connectivity index (χ0) is 7.56. The number of amides is 1. The number of nitrogen functional groups attached to an aromatic ring is 1. The van der Waals surface area contributed by atoms with E-state index >= 15 is 0 Å². The average Bonchev–Trinajstić information content (AvgIpc) is 1.88. The molecule has 0 aromatic heterocycles. The largest absolute Gasteiger partial charge is 0.399 e. The summed E-state index contributed by atoms with van der Waals surface area (Å²) in [5, 5.41) is 0. The molecule has 0 unspecified atom stereocenters. The number of primary amides is 1. The number of benzene rings is 1. The van der Waals surface area contributed by atoms with Crippen LogP contribution < -0.4 is 11.5 Å². The van der Waals surface area contributed by atoms with E-state index in [9.17, 15) is 4.79 Å². The average molecular weight is 331 g/mol. The van der Waals surface area contributed by atoms with Crippen LogP contribution in [0, 0.1) is 0 Å². The topological polar surface area (TPSA) is 69.1 Å². The fourth-order valence-electron chi connectivity index (χ4n) is 0.692. The number of carbonyl (C=O) groups is 1. The molecule has 0 aliphatic heterocycles. The predicted molar refractivity (Wildman–Crippen MR) is 39.4 cm³/mol. The third-order valence-corrected chi connectivity index (χ3v) is 1.17. The van der Waals surface area contributed by atoms with Crippen molar-refractivity contribution in [3.8, 4) is 0 Å². The number of carbonyl (C=O) groups excluding carboxylic acids is 1. The van der Waals surface area contributed by atoms with Crippen LogP contribution in [0.4, 0.5) is 5.69 Å². The molecule has 0 saturated heterocycles. The van der Waals surface area contributed by atoms with Gasteiger partial charge in [-0.1, -0.05) is 6.07 Å². The fourth-order valence-corrected chi connectivity index (χ4v) is 0.692. The molecule has 0 radical (unpaired) electrons. The Kier molecular flexibility index (Phi) is 3.83. The number of hydrogen-bond acceptors (Lipinski definition) is 2. The van der Waals surface area contributed by atoms with Crippen molar-refractivity contribution in [1.29, 1.82) is 0 Å². The third kappa shape index (κ3) is 2.72. The molecule has 0 fully saturated rings. The van der Waals surface area contributed by atoms with Gasteiger partial charge in [-0.15, -0.1) is 0 Å². The summed E-state index contributed by atoms with van der Waals surface area (Å²) in [6.07, 6.45) is 0. The molecule has 4 N–H and O–H groups in total. The molecule has 1 rings (SSSR count). The predicted octanol–water partition coefficient (Wildman–Crippen LogP) is 0.365. The van der Waals surface area contributed by atoms with Crippen molar-refractivity contribution in [2.45, 2.75) is 0 Å². The molecular weight excluding hydrogens is 323 g/mol. The monoisotopic (exact) mass is 331 g/mol. The summed E-state index contributed by atoms with van der Waals surface area (Å²) in [5.74, 6) is -0.452. The SMILES string of the molecule is NC(=O)c1cccc(N)c1.[Pt]. The van der Waals surface area contributed by atoms with Crippen molar-refractivity contribution in [1.82, 2.24) is 0 Å². The van der Waals surface area contributed by atoms with Crippen molar-refractivity contribution in [2.75, 3.05) is 5.73 Å². The van der Waals surface area contributed by atoms with Gasteiger partial charge in [-0.25, -0.2) is 0 Å². The summed E-state index contributed by atoms with van der Waals surface area (Å²) in [6, 6.07) is 6.56. The van der Waals surface area contributed by atoms with Crippen LogP contribution in [0.25, 0.3) is 0 Å². The van der Waals surface area contributed by atoms with E-state index in [4.69, 9.17) is 11.5 Å². The Morgan fingerprint density at radius 3 is 2.36 bits per heavy atom. The molecule has 0 saturated carbocycles. The minimum Gasteiger partial charge on any atom is -0.399 e. The maximum absolute atomic E-state index is 10.5. The molecule has 0 aliphatic carbocycles. The third-order valence-electron chi connectivity index (χ3n) is 1.17. The Morgan fingerprint density at radius 2 is 2.00 bits per heavy atom. The van der Waals surface area contributed by atoms with Crippen molar-refractivity contribution in [3.63, 3.8) is 0 Å². The second-order valence-electron chi connectivity index (χ2n) is 1.99. The molecular formula is C7H8N2OPt. The van der Waals surface area contributed by atoms with Gasteiger partial charge in [-0.2, -0.15) is 0 Å². The van der Waals surface area contributed by atoms with Crippen LogP contribution in [-0.2, 0) is 21.1 Å². The number of anilines is 1. The Bertz CT molecular complexity index is 262. The Morgan fingerprint density at radius 1 is 1.36 bits per heavy atom. The van der Waals surface area contributed by atoms with Gasteiger partial charge in [0, 0.05) is 32.3 Å². The van der Waals surface area contributed by atoms with Crippen LogP contribution in [0.3, 0.4) is 0 Å². The summed E-state index contributed by atoms with van der Waals surface area (Å²) in [6.45, 7) is 0. The molecule has 1 aromatic carbocycles. The Balaban J connectivity index is 0.000001000. The molecule has 0 heterocycles. The fraction of sp³-hybridized carbons (Fsp3) is 0. The smallest absolute Gasteiger partial charge is 0.248 e. The molecule has 0 spiro atoms. The molecule has 4 heteroatoms. The molecule has 1 amide bonds. The minimum atomic E-state index is -0.452. The summed E-state index contributed by atoms with van der Waals surface area (Å²) in [4.78, 5) is 10.5. The molecule has 0 atom stereocenters. The Hall–Kier alpha value is -0.822. The van der Waals surface area contributed by atoms with Crippen LogP contribution in [0.5, 0.6) is 0 Å². The molecule has 11 heavy (non-hydrogen) atoms. The van der Waals surface area contributed by atoms with E-state index < -0.39 is 5.91 Å². The van der Waals surface area contributed by atoms with Crippen LogP contribution in [0.1, 0.15) is 10.4 Å². The van der Waals surface area contributed by atoms with E-state index in [-0.39, 0.29) is 21.1 Å². The van der Waals surface area contributed by atoms with Crippen LogP contribution in [0.2, 0.25) is 0 Å². The van der Waals surface area contributed by atoms with Crippen LogP contribution >= 0.6 is 0 Å². The zero-order valence-electron chi connectivity index (χ0n) is 5.69. The van der Waals surface area contributed by atoms with Crippen LogP contribution in [-0.4, -0.2) is 5.91 Å². The number of nitrogens with two attached hydrogens (primary N) is 2. The van der Waals surface area contributed by atoms with Crippen molar-refractivity contribution >= 4 is 11.6 Å². The van der Waals surface area contributed by atoms with E-state index in [1.807, 2.05) is 0 Å². The maximum Gasteiger partial charge on any atom is 0.248 e. The van der Waals surface area contributed by atoms with Gasteiger partial charge in [0.05, 0.1) is 0 Å². The van der Waals surface area contributed by atoms with Gasteiger partial charge in [-0.05, 0) is 18.2 Å². The summed E-state index contributed by atoms with van der Waals surface area (Å²) >= 11 is 0. The summed E-state index contributed by atoms with van der Waals surface area (Å²) in [7, 11) is 0. The zero-order valence-corrected chi connectivity index (χ0v) is 7.96. The van der Waals surface area contributed by atoms with E-state index in [1.54, 1.807) is 24.3 Å². The quantitative estimate of drug-likeness (QED) is 0.730. The summed E-state index contributed by atoms with van der Waals surface area (Å²) < 4.78 is 0. The first-order valence-corrected chi connectivity index (χ1v) is 2.85. The summed E-state index contributed by atoms with van der Waals surface area (Å²) in [5.41, 5.74) is 11.4. The van der Waals surface area contributed by atoms with Gasteiger partial charge in [0.15, 0.2) is 0 Å². The van der Waals surface area contributed by atoms with E-state index in [0.29, 0.717) is 11.3 Å². The second kappa shape index (κ2) is 4.14. The Labute approximate surface area is 79.0 Å². The first-order valence-electron chi connectivity index (χ1n) is 2.85. The van der Waals surface area contributed by atoms with Gasteiger partial charge in [-0.3, -0.25) is 4.79 Å². The molecule has 3 nitrogen and oxygen atoms in total. The first kappa shape index (κ1) is 10.2.